The van der Waals surface area contributed by atoms with E-state index in [2.05, 4.69) is 31.4 Å². The zero-order chi connectivity index (χ0) is 23.9. The number of aliphatic hydroxyl groups is 1. The molecule has 174 valence electrons. The normalized spacial score (nSPS) is 21.0. The fraction of sp³-hybridized carbons (Fsp3) is 0.417. The van der Waals surface area contributed by atoms with Crippen LogP contribution in [0.2, 0.25) is 0 Å². The number of rotatable bonds is 5. The van der Waals surface area contributed by atoms with Crippen molar-refractivity contribution in [2.24, 2.45) is 0 Å². The van der Waals surface area contributed by atoms with Crippen LogP contribution < -0.4 is 10.6 Å². The second-order valence-corrected chi connectivity index (χ2v) is 10.4. The molecule has 4 rings (SSSR count). The van der Waals surface area contributed by atoms with Gasteiger partial charge in [0.05, 0.1) is 10.9 Å². The number of fused-ring (bicyclic) bond motifs is 1. The van der Waals surface area contributed by atoms with E-state index >= 15 is 0 Å². The van der Waals surface area contributed by atoms with Gasteiger partial charge in [-0.1, -0.05) is 45.0 Å². The number of ketones is 1. The predicted molar refractivity (Wildman–Crippen MR) is 122 cm³/mol. The van der Waals surface area contributed by atoms with Crippen molar-refractivity contribution in [1.82, 2.24) is 15.5 Å². The minimum atomic E-state index is -0.943. The zero-order valence-corrected chi connectivity index (χ0v) is 19.6. The number of Topliss-reactive ketones (excluding diaryl/α,β-unsaturated/α-hetero) is 1. The van der Waals surface area contributed by atoms with Crippen LogP contribution in [0.15, 0.2) is 29.6 Å². The van der Waals surface area contributed by atoms with Gasteiger partial charge < -0.3 is 10.4 Å². The van der Waals surface area contributed by atoms with E-state index in [9.17, 15) is 24.3 Å². The lowest BCUT2D eigenvalue weighted by atomic mass is 9.86. The molecule has 0 spiro atoms. The highest BCUT2D eigenvalue weighted by Gasteiger charge is 2.41. The van der Waals surface area contributed by atoms with E-state index in [1.54, 1.807) is 17.0 Å². The lowest BCUT2D eigenvalue weighted by Gasteiger charge is -2.31. The second kappa shape index (κ2) is 8.81. The average Bonchev–Trinajstić information content (AvgIpc) is 3.31. The molecule has 2 unspecified atom stereocenters. The van der Waals surface area contributed by atoms with Crippen molar-refractivity contribution in [2.75, 3.05) is 0 Å². The van der Waals surface area contributed by atoms with Crippen LogP contribution in [0, 0.1) is 0 Å². The molecule has 9 heteroatoms. The molecule has 2 aliphatic rings. The molecule has 2 aromatic rings. The van der Waals surface area contributed by atoms with Gasteiger partial charge in [0.2, 0.25) is 17.6 Å². The number of piperidine rings is 1. The van der Waals surface area contributed by atoms with Crippen molar-refractivity contribution in [3.63, 3.8) is 0 Å². The highest BCUT2D eigenvalue weighted by Crippen LogP contribution is 2.40. The summed E-state index contributed by atoms with van der Waals surface area (Å²) in [6.07, 6.45) is -0.360. The first-order valence-corrected chi connectivity index (χ1v) is 11.7. The smallest absolute Gasteiger partial charge is 0.292 e. The van der Waals surface area contributed by atoms with Crippen molar-refractivity contribution >= 4 is 34.8 Å². The summed E-state index contributed by atoms with van der Waals surface area (Å²) in [5.74, 6) is -2.01. The Kier molecular flexibility index (Phi) is 6.22. The topological polar surface area (TPSA) is 116 Å². The number of aliphatic hydroxyl groups excluding tert-OH is 1. The van der Waals surface area contributed by atoms with Gasteiger partial charge in [-0.25, -0.2) is 0 Å². The minimum absolute atomic E-state index is 0.0462. The Morgan fingerprint density at radius 2 is 1.91 bits per heavy atom. The van der Waals surface area contributed by atoms with Gasteiger partial charge in [0, 0.05) is 25.1 Å². The van der Waals surface area contributed by atoms with Crippen LogP contribution in [-0.4, -0.2) is 39.6 Å². The third-order valence-corrected chi connectivity index (χ3v) is 7.29. The molecule has 0 aliphatic carbocycles. The maximum Gasteiger partial charge on any atom is 0.292 e. The number of nitrogens with zero attached hydrogens (tertiary/aromatic N) is 1. The summed E-state index contributed by atoms with van der Waals surface area (Å²) < 4.78 is 0. The van der Waals surface area contributed by atoms with Gasteiger partial charge in [0.1, 0.15) is 6.23 Å². The molecular formula is C24H27N3O5S. The molecule has 2 aliphatic heterocycles. The first kappa shape index (κ1) is 23.3. The van der Waals surface area contributed by atoms with Crippen LogP contribution in [0.1, 0.15) is 71.8 Å². The Bertz CT molecular complexity index is 1120. The number of carbonyl (C=O) groups is 4. The Morgan fingerprint density at radius 3 is 2.55 bits per heavy atom. The fourth-order valence-corrected chi connectivity index (χ4v) is 5.28. The van der Waals surface area contributed by atoms with E-state index in [1.165, 1.54) is 11.3 Å². The number of carbonyl (C=O) groups excluding carboxylic acids is 4. The van der Waals surface area contributed by atoms with E-state index in [0.29, 0.717) is 23.4 Å². The van der Waals surface area contributed by atoms with Gasteiger partial charge in [-0.15, -0.1) is 11.3 Å². The van der Waals surface area contributed by atoms with Gasteiger partial charge in [-0.3, -0.25) is 29.4 Å². The first-order valence-electron chi connectivity index (χ1n) is 10.9. The lowest BCUT2D eigenvalue weighted by Crippen LogP contribution is -2.51. The molecule has 1 aromatic carbocycles. The van der Waals surface area contributed by atoms with Gasteiger partial charge >= 0.3 is 0 Å². The van der Waals surface area contributed by atoms with E-state index in [4.69, 9.17) is 0 Å². The number of nitrogens with one attached hydrogen (secondary N) is 2. The van der Waals surface area contributed by atoms with Crippen LogP contribution >= 0.6 is 11.3 Å². The van der Waals surface area contributed by atoms with Crippen LogP contribution in [0.3, 0.4) is 0 Å². The average molecular weight is 470 g/mol. The summed E-state index contributed by atoms with van der Waals surface area (Å²) in [7, 11) is 0. The van der Waals surface area contributed by atoms with Crippen LogP contribution in [-0.2, 0) is 32.9 Å². The molecule has 0 saturated carbocycles. The number of hydrogen-bond acceptors (Lipinski definition) is 7. The SMILES string of the molecule is CC(C)(C)c1ccc(C(=O)C(=O)NCc2csc3c2CN(C2CCC(=O)NC2=O)C3O)cc1. The quantitative estimate of drug-likeness (QED) is 0.351. The third kappa shape index (κ3) is 4.62. The summed E-state index contributed by atoms with van der Waals surface area (Å²) in [5.41, 5.74) is 3.01. The van der Waals surface area contributed by atoms with Gasteiger partial charge in [-0.2, -0.15) is 0 Å². The summed E-state index contributed by atoms with van der Waals surface area (Å²) in [5, 5.41) is 17.6. The maximum absolute atomic E-state index is 12.5. The van der Waals surface area contributed by atoms with E-state index < -0.39 is 29.9 Å². The molecule has 33 heavy (non-hydrogen) atoms. The zero-order valence-electron chi connectivity index (χ0n) is 18.8. The summed E-state index contributed by atoms with van der Waals surface area (Å²) in [6.45, 7) is 6.71. The van der Waals surface area contributed by atoms with Crippen molar-refractivity contribution in [2.45, 2.75) is 64.4 Å². The van der Waals surface area contributed by atoms with Crippen molar-refractivity contribution in [3.05, 3.63) is 56.8 Å². The number of hydrogen-bond donors (Lipinski definition) is 3. The molecule has 3 heterocycles. The maximum atomic E-state index is 12.5. The van der Waals surface area contributed by atoms with E-state index in [0.717, 1.165) is 16.7 Å². The molecule has 1 aromatic heterocycles. The molecular weight excluding hydrogens is 442 g/mol. The first-order chi connectivity index (χ1) is 15.6. The molecule has 0 radical (unpaired) electrons. The summed E-state index contributed by atoms with van der Waals surface area (Å²) in [4.78, 5) is 51.0. The largest absolute Gasteiger partial charge is 0.373 e. The molecule has 2 atom stereocenters. The van der Waals surface area contributed by atoms with Crippen LogP contribution in [0.4, 0.5) is 0 Å². The Hall–Kier alpha value is -2.88. The monoisotopic (exact) mass is 469 g/mol. The lowest BCUT2D eigenvalue weighted by molar-refractivity contribution is -0.141. The minimum Gasteiger partial charge on any atom is -0.373 e. The molecule has 8 nitrogen and oxygen atoms in total. The molecule has 3 amide bonds. The number of thiophene rings is 1. The summed E-state index contributed by atoms with van der Waals surface area (Å²) in [6, 6.07) is 6.46. The molecule has 3 N–H and O–H groups in total. The molecule has 0 bridgehead atoms. The second-order valence-electron chi connectivity index (χ2n) is 9.46. The van der Waals surface area contributed by atoms with Gasteiger partial charge in [0.15, 0.2) is 0 Å². The number of benzene rings is 1. The number of amides is 3. The van der Waals surface area contributed by atoms with Crippen molar-refractivity contribution in [3.8, 4) is 0 Å². The number of imide groups is 1. The van der Waals surface area contributed by atoms with E-state index in [1.807, 2.05) is 17.5 Å². The Morgan fingerprint density at radius 1 is 1.21 bits per heavy atom. The van der Waals surface area contributed by atoms with Gasteiger partial charge in [-0.05, 0) is 33.9 Å². The third-order valence-electron chi connectivity index (χ3n) is 6.17. The standard InChI is InChI=1S/C24H27N3O5S/c1-24(2,3)15-6-4-13(5-7-15)19(29)22(31)25-10-14-12-33-20-16(14)11-27(23(20)32)17-8-9-18(28)26-21(17)30/h4-7,12,17,23,32H,8-11H2,1-3H3,(H,25,31)(H,26,28,30). The predicted octanol–water partition coefficient (Wildman–Crippen LogP) is 2.16. The Balaban J connectivity index is 1.40. The fourth-order valence-electron chi connectivity index (χ4n) is 4.19. The Labute approximate surface area is 196 Å². The van der Waals surface area contributed by atoms with Crippen molar-refractivity contribution in [1.29, 1.82) is 0 Å². The van der Waals surface area contributed by atoms with E-state index in [-0.39, 0.29) is 24.3 Å². The van der Waals surface area contributed by atoms with Crippen LogP contribution in [0.25, 0.3) is 0 Å². The highest BCUT2D eigenvalue weighted by molar-refractivity contribution is 7.10. The van der Waals surface area contributed by atoms with Crippen LogP contribution in [0.5, 0.6) is 0 Å². The molecule has 1 saturated heterocycles. The van der Waals surface area contributed by atoms with Crippen molar-refractivity contribution < 1.29 is 24.3 Å². The van der Waals surface area contributed by atoms with Gasteiger partial charge in [0.25, 0.3) is 5.91 Å². The summed E-state index contributed by atoms with van der Waals surface area (Å²) >= 11 is 1.35. The molecule has 1 fully saturated rings. The highest BCUT2D eigenvalue weighted by atomic mass is 32.1.